The number of amides is 1. The van der Waals surface area contributed by atoms with Crippen LogP contribution in [0.25, 0.3) is 11.4 Å². The number of benzene rings is 2. The van der Waals surface area contributed by atoms with Crippen molar-refractivity contribution in [3.8, 4) is 11.4 Å². The summed E-state index contributed by atoms with van der Waals surface area (Å²) in [6, 6.07) is 16.2. The topological polar surface area (TPSA) is 54.9 Å². The van der Waals surface area contributed by atoms with Crippen LogP contribution in [0.3, 0.4) is 0 Å². The fraction of sp³-hybridized carbons (Fsp3) is 0.286. The van der Waals surface area contributed by atoms with Gasteiger partial charge in [0.1, 0.15) is 0 Å². The van der Waals surface area contributed by atoms with Crippen molar-refractivity contribution in [2.75, 3.05) is 11.1 Å². The summed E-state index contributed by atoms with van der Waals surface area (Å²) in [6.45, 7) is 4.24. The molecule has 0 aliphatic rings. The third-order valence-corrected chi connectivity index (χ3v) is 5.93. The molecule has 0 bridgehead atoms. The van der Waals surface area contributed by atoms with Crippen LogP contribution in [-0.2, 0) is 11.2 Å². The molecule has 27 heavy (non-hydrogen) atoms. The van der Waals surface area contributed by atoms with Crippen molar-refractivity contribution in [3.63, 3.8) is 0 Å². The highest BCUT2D eigenvalue weighted by atomic mass is 32.2. The standard InChI is InChI=1S/C21H23N3OS2/c1-3-4-5-16-8-12-18(13-9-16)22-19(25)14-26-21-23-20(24-27-21)17-10-6-15(2)7-11-17/h6-13H,3-5,14H2,1-2H3,(H,22,25). The summed E-state index contributed by atoms with van der Waals surface area (Å²) in [4.78, 5) is 16.7. The van der Waals surface area contributed by atoms with Gasteiger partial charge in [-0.1, -0.05) is 67.1 Å². The molecule has 3 rings (SSSR count). The highest BCUT2D eigenvalue weighted by Gasteiger charge is 2.10. The van der Waals surface area contributed by atoms with Gasteiger partial charge in [-0.05, 0) is 49.0 Å². The van der Waals surface area contributed by atoms with E-state index in [-0.39, 0.29) is 5.91 Å². The molecule has 140 valence electrons. The number of hydrogen-bond donors (Lipinski definition) is 1. The second kappa shape index (κ2) is 9.67. The first-order valence-corrected chi connectivity index (χ1v) is 10.8. The first kappa shape index (κ1) is 19.6. The van der Waals surface area contributed by atoms with Gasteiger partial charge < -0.3 is 5.32 Å². The summed E-state index contributed by atoms with van der Waals surface area (Å²) in [5, 5.41) is 2.94. The summed E-state index contributed by atoms with van der Waals surface area (Å²) < 4.78 is 5.19. The van der Waals surface area contributed by atoms with E-state index >= 15 is 0 Å². The highest BCUT2D eigenvalue weighted by molar-refractivity contribution is 8.01. The minimum atomic E-state index is -0.0339. The quantitative estimate of drug-likeness (QED) is 0.504. The average molecular weight is 398 g/mol. The molecule has 0 spiro atoms. The second-order valence-electron chi connectivity index (χ2n) is 6.39. The second-order valence-corrected chi connectivity index (χ2v) is 8.36. The molecule has 0 saturated heterocycles. The van der Waals surface area contributed by atoms with Gasteiger partial charge >= 0.3 is 0 Å². The fourth-order valence-corrected chi connectivity index (χ4v) is 3.96. The maximum absolute atomic E-state index is 12.2. The van der Waals surface area contributed by atoms with E-state index in [9.17, 15) is 4.79 Å². The van der Waals surface area contributed by atoms with Crippen LogP contribution in [0.1, 0.15) is 30.9 Å². The molecule has 3 aromatic rings. The normalized spacial score (nSPS) is 10.7. The fourth-order valence-electron chi connectivity index (χ4n) is 2.55. The molecular weight excluding hydrogens is 374 g/mol. The number of unbranched alkanes of at least 4 members (excludes halogenated alkanes) is 1. The Morgan fingerprint density at radius 1 is 1.11 bits per heavy atom. The van der Waals surface area contributed by atoms with Crippen LogP contribution in [0, 0.1) is 6.92 Å². The molecule has 0 radical (unpaired) electrons. The summed E-state index contributed by atoms with van der Waals surface area (Å²) in [7, 11) is 0. The van der Waals surface area contributed by atoms with Crippen LogP contribution in [0.5, 0.6) is 0 Å². The molecule has 1 amide bonds. The predicted molar refractivity (Wildman–Crippen MR) is 114 cm³/mol. The van der Waals surface area contributed by atoms with Crippen LogP contribution < -0.4 is 5.32 Å². The van der Waals surface area contributed by atoms with Gasteiger partial charge in [0.2, 0.25) is 5.91 Å². The van der Waals surface area contributed by atoms with Gasteiger partial charge in [-0.25, -0.2) is 4.98 Å². The number of rotatable bonds is 8. The molecule has 2 aromatic carbocycles. The van der Waals surface area contributed by atoms with E-state index in [0.29, 0.717) is 11.6 Å². The summed E-state index contributed by atoms with van der Waals surface area (Å²) in [6.07, 6.45) is 3.46. The molecule has 0 fully saturated rings. The average Bonchev–Trinajstić information content (AvgIpc) is 3.15. The van der Waals surface area contributed by atoms with E-state index in [0.717, 1.165) is 22.0 Å². The van der Waals surface area contributed by atoms with Crippen molar-refractivity contribution < 1.29 is 4.79 Å². The molecule has 6 heteroatoms. The third-order valence-electron chi connectivity index (χ3n) is 4.10. The molecule has 0 unspecified atom stereocenters. The minimum Gasteiger partial charge on any atom is -0.325 e. The van der Waals surface area contributed by atoms with Crippen molar-refractivity contribution in [2.45, 2.75) is 37.4 Å². The van der Waals surface area contributed by atoms with E-state index in [2.05, 4.69) is 40.7 Å². The number of aromatic nitrogens is 2. The van der Waals surface area contributed by atoms with Gasteiger partial charge in [0.15, 0.2) is 10.2 Å². The summed E-state index contributed by atoms with van der Waals surface area (Å²) in [5.74, 6) is 0.999. The zero-order valence-electron chi connectivity index (χ0n) is 15.6. The maximum Gasteiger partial charge on any atom is 0.234 e. The van der Waals surface area contributed by atoms with Crippen LogP contribution in [0.15, 0.2) is 52.9 Å². The lowest BCUT2D eigenvalue weighted by Gasteiger charge is -2.06. The van der Waals surface area contributed by atoms with Gasteiger partial charge in [-0.2, -0.15) is 4.37 Å². The van der Waals surface area contributed by atoms with Gasteiger partial charge in [0.25, 0.3) is 0 Å². The maximum atomic E-state index is 12.2. The lowest BCUT2D eigenvalue weighted by molar-refractivity contribution is -0.113. The van der Waals surface area contributed by atoms with Crippen LogP contribution in [-0.4, -0.2) is 21.0 Å². The number of aryl methyl sites for hydroxylation is 2. The Bertz CT molecular complexity index is 873. The van der Waals surface area contributed by atoms with Crippen molar-refractivity contribution in [2.24, 2.45) is 0 Å². The molecule has 0 aliphatic carbocycles. The largest absolute Gasteiger partial charge is 0.325 e. The molecule has 0 aliphatic heterocycles. The predicted octanol–water partition coefficient (Wildman–Crippen LogP) is 5.59. The molecule has 4 nitrogen and oxygen atoms in total. The lowest BCUT2D eigenvalue weighted by Crippen LogP contribution is -2.13. The number of nitrogens with one attached hydrogen (secondary N) is 1. The third kappa shape index (κ3) is 5.91. The van der Waals surface area contributed by atoms with E-state index in [1.807, 2.05) is 36.4 Å². The van der Waals surface area contributed by atoms with Gasteiger partial charge in [0, 0.05) is 11.3 Å². The Hall–Kier alpha value is -2.18. The Labute approximate surface area is 168 Å². The smallest absolute Gasteiger partial charge is 0.234 e. The Kier molecular flexibility index (Phi) is 7.01. The SMILES string of the molecule is CCCCc1ccc(NC(=O)CSc2nc(-c3ccc(C)cc3)ns2)cc1. The van der Waals surface area contributed by atoms with Crippen LogP contribution in [0.2, 0.25) is 0 Å². The van der Waals surface area contributed by atoms with E-state index in [4.69, 9.17) is 0 Å². The van der Waals surface area contributed by atoms with Crippen molar-refractivity contribution >= 4 is 34.9 Å². The zero-order valence-corrected chi connectivity index (χ0v) is 17.2. The monoisotopic (exact) mass is 397 g/mol. The number of anilines is 1. The van der Waals surface area contributed by atoms with E-state index in [1.165, 1.54) is 47.3 Å². The number of thioether (sulfide) groups is 1. The lowest BCUT2D eigenvalue weighted by atomic mass is 10.1. The Morgan fingerprint density at radius 2 is 1.85 bits per heavy atom. The summed E-state index contributed by atoms with van der Waals surface area (Å²) in [5.41, 5.74) is 4.34. The first-order chi connectivity index (χ1) is 13.1. The highest BCUT2D eigenvalue weighted by Crippen LogP contribution is 2.25. The number of hydrogen-bond acceptors (Lipinski definition) is 5. The molecule has 1 aromatic heterocycles. The van der Waals surface area contributed by atoms with Crippen molar-refractivity contribution in [1.82, 2.24) is 9.36 Å². The van der Waals surface area contributed by atoms with E-state index < -0.39 is 0 Å². The number of nitrogens with zero attached hydrogens (tertiary/aromatic N) is 2. The Morgan fingerprint density at radius 3 is 2.56 bits per heavy atom. The van der Waals surface area contributed by atoms with E-state index in [1.54, 1.807) is 0 Å². The number of carbonyl (C=O) groups excluding carboxylic acids is 1. The molecule has 0 saturated carbocycles. The van der Waals surface area contributed by atoms with Gasteiger partial charge in [-0.3, -0.25) is 4.79 Å². The van der Waals surface area contributed by atoms with Crippen molar-refractivity contribution in [3.05, 3.63) is 59.7 Å². The first-order valence-electron chi connectivity index (χ1n) is 9.06. The van der Waals surface area contributed by atoms with Gasteiger partial charge in [-0.15, -0.1) is 0 Å². The minimum absolute atomic E-state index is 0.0339. The zero-order chi connectivity index (χ0) is 19.1. The Balaban J connectivity index is 1.50. The molecule has 1 heterocycles. The molecule has 1 N–H and O–H groups in total. The molecular formula is C21H23N3OS2. The van der Waals surface area contributed by atoms with Gasteiger partial charge in [0.05, 0.1) is 5.75 Å². The molecule has 0 atom stereocenters. The van der Waals surface area contributed by atoms with Crippen molar-refractivity contribution in [1.29, 1.82) is 0 Å². The van der Waals surface area contributed by atoms with Crippen LogP contribution >= 0.6 is 23.3 Å². The van der Waals surface area contributed by atoms with Crippen LogP contribution in [0.4, 0.5) is 5.69 Å². The number of carbonyl (C=O) groups is 1. The summed E-state index contributed by atoms with van der Waals surface area (Å²) >= 11 is 2.74.